The van der Waals surface area contributed by atoms with E-state index >= 15 is 4.79 Å². The van der Waals surface area contributed by atoms with Gasteiger partial charge in [-0.3, -0.25) is 9.59 Å². The minimum Gasteiger partial charge on any atom is -0.482 e. The molecule has 5 aliphatic heterocycles. The number of imidazole rings is 1. The molecule has 1 aromatic heterocycles. The number of hydrogen-bond donors (Lipinski definition) is 6. The molecule has 386 valence electrons. The van der Waals surface area contributed by atoms with Gasteiger partial charge in [-0.25, -0.2) is 4.98 Å². The first-order valence-electron chi connectivity index (χ1n) is 25.5. The molecule has 1 spiro atoms. The van der Waals surface area contributed by atoms with Crippen molar-refractivity contribution < 1.29 is 58.4 Å². The maximum absolute atomic E-state index is 15.7. The lowest BCUT2D eigenvalue weighted by molar-refractivity contribution is -0.373. The molecule has 72 heavy (non-hydrogen) atoms. The highest BCUT2D eigenvalue weighted by atomic mass is 16.8. The fourth-order valence-electron chi connectivity index (χ4n) is 12.3. The van der Waals surface area contributed by atoms with Gasteiger partial charge < -0.3 is 64.0 Å². The molecule has 3 saturated carbocycles. The molecule has 11 atom stereocenters. The number of Topliss-reactive ketones (excluding diaryl/α,β-unsaturated/α-hetero) is 1. The number of rotatable bonds is 13. The average molecular weight is 991 g/mol. The molecule has 0 radical (unpaired) electrons. The number of aliphatic hydroxyl groups is 4. The molecule has 2 aromatic carbocycles. The first-order chi connectivity index (χ1) is 34.1. The van der Waals surface area contributed by atoms with E-state index in [4.69, 9.17) is 33.4 Å². The van der Waals surface area contributed by atoms with Gasteiger partial charge in [0.1, 0.15) is 47.3 Å². The van der Waals surface area contributed by atoms with Gasteiger partial charge in [-0.1, -0.05) is 55.4 Å². The minimum absolute atomic E-state index is 0.0383. The number of carbonyl (C=O) groups excluding carboxylic acids is 2. The van der Waals surface area contributed by atoms with Crippen LogP contribution in [0.5, 0.6) is 17.2 Å². The van der Waals surface area contributed by atoms with Gasteiger partial charge in [0, 0.05) is 41.5 Å². The molecule has 16 heteroatoms. The van der Waals surface area contributed by atoms with Crippen LogP contribution in [0, 0.1) is 17.8 Å². The summed E-state index contributed by atoms with van der Waals surface area (Å²) >= 11 is 0. The van der Waals surface area contributed by atoms with E-state index in [1.807, 2.05) is 57.2 Å². The summed E-state index contributed by atoms with van der Waals surface area (Å²) in [6.45, 7) is 19.3. The third kappa shape index (κ3) is 7.94. The molecule has 3 aliphatic carbocycles. The van der Waals surface area contributed by atoms with Gasteiger partial charge >= 0.3 is 0 Å². The van der Waals surface area contributed by atoms with E-state index in [1.54, 1.807) is 26.8 Å². The van der Waals surface area contributed by atoms with E-state index in [0.717, 1.165) is 17.5 Å². The van der Waals surface area contributed by atoms with Crippen molar-refractivity contribution in [2.45, 2.75) is 161 Å². The number of nitrogens with one attached hydrogen (secondary N) is 2. The van der Waals surface area contributed by atoms with Crippen molar-refractivity contribution in [3.05, 3.63) is 87.6 Å². The van der Waals surface area contributed by atoms with E-state index in [-0.39, 0.29) is 43.4 Å². The maximum Gasteiger partial charge on any atom is 0.246 e. The second-order valence-electron chi connectivity index (χ2n) is 22.2. The lowest BCUT2D eigenvalue weighted by atomic mass is 9.46. The van der Waals surface area contributed by atoms with Crippen LogP contribution in [0.4, 0.5) is 5.95 Å². The molecular formula is C56H70N4O12. The molecule has 6 N–H and O–H groups in total. The van der Waals surface area contributed by atoms with Gasteiger partial charge in [0.15, 0.2) is 22.8 Å². The summed E-state index contributed by atoms with van der Waals surface area (Å²) in [6.07, 6.45) is 5.46. The van der Waals surface area contributed by atoms with Gasteiger partial charge in [-0.2, -0.15) is 0 Å². The van der Waals surface area contributed by atoms with Gasteiger partial charge in [0.2, 0.25) is 18.1 Å². The summed E-state index contributed by atoms with van der Waals surface area (Å²) in [7, 11) is 0. The average Bonchev–Trinajstić information content (AvgIpc) is 3.71. The molecule has 8 aliphatic rings. The largest absolute Gasteiger partial charge is 0.482 e. The third-order valence-corrected chi connectivity index (χ3v) is 15.8. The molecule has 3 aromatic rings. The number of carbonyl (C=O) groups is 2. The minimum atomic E-state index is -2.23. The SMILES string of the molecule is CC(C)=CCCC1(C)C=Cc2c(c(CC=C(C)C)c3c(c2O[C@H]2O[C@H]4COC(C)(C)O[C@@H]4[C@@H](O)[C@@H]2O)C2=C4C(C5CC(C(C)C)C4(O3)C(O)(C/C=C(/C)C(=O)NCCO)C5=O)n3c(nc4ccccc43)N2)O1. The van der Waals surface area contributed by atoms with Gasteiger partial charge in [-0.15, -0.1) is 0 Å². The van der Waals surface area contributed by atoms with Gasteiger partial charge in [-0.05, 0) is 111 Å². The number of hydrogen-bond acceptors (Lipinski definition) is 14. The lowest BCUT2D eigenvalue weighted by Gasteiger charge is -2.66. The summed E-state index contributed by atoms with van der Waals surface area (Å²) in [5.74, 6) is -1.78. The number of nitrogens with zero attached hydrogens (tertiary/aromatic N) is 2. The Labute approximate surface area is 420 Å². The predicted octanol–water partition coefficient (Wildman–Crippen LogP) is 6.99. The van der Waals surface area contributed by atoms with Crippen LogP contribution in [0.1, 0.15) is 118 Å². The zero-order valence-electron chi connectivity index (χ0n) is 43.0. The highest BCUT2D eigenvalue weighted by Crippen LogP contribution is 2.70. The van der Waals surface area contributed by atoms with E-state index < -0.39 is 82.9 Å². The Bertz CT molecular complexity index is 2870. The van der Waals surface area contributed by atoms with E-state index in [1.165, 1.54) is 5.57 Å². The summed E-state index contributed by atoms with van der Waals surface area (Å²) in [5, 5.41) is 53.6. The van der Waals surface area contributed by atoms with Crippen LogP contribution in [-0.2, 0) is 30.2 Å². The van der Waals surface area contributed by atoms with Crippen LogP contribution in [-0.4, -0.2) is 115 Å². The number of ether oxygens (including phenoxy) is 6. The van der Waals surface area contributed by atoms with Crippen molar-refractivity contribution in [1.82, 2.24) is 14.9 Å². The number of para-hydroxylation sites is 2. The maximum atomic E-state index is 15.7. The van der Waals surface area contributed by atoms with E-state index in [9.17, 15) is 25.2 Å². The summed E-state index contributed by atoms with van der Waals surface area (Å²) in [4.78, 5) is 34.2. The molecule has 16 nitrogen and oxygen atoms in total. The molecular weight excluding hydrogens is 921 g/mol. The van der Waals surface area contributed by atoms with Crippen LogP contribution in [0.3, 0.4) is 0 Å². The van der Waals surface area contributed by atoms with Crippen molar-refractivity contribution in [3.63, 3.8) is 0 Å². The molecule has 2 bridgehead atoms. The number of amides is 1. The van der Waals surface area contributed by atoms with Crippen LogP contribution < -0.4 is 24.8 Å². The second-order valence-corrected chi connectivity index (χ2v) is 22.2. The molecule has 6 heterocycles. The quantitative estimate of drug-likeness (QED) is 0.0753. The fraction of sp³-hybridized carbons (Fsp3) is 0.554. The van der Waals surface area contributed by atoms with Gasteiger partial charge in [0.05, 0.1) is 47.1 Å². The Kier molecular flexibility index (Phi) is 12.7. The first-order valence-corrected chi connectivity index (χ1v) is 25.5. The highest BCUT2D eigenvalue weighted by molar-refractivity contribution is 6.03. The third-order valence-electron chi connectivity index (χ3n) is 15.8. The van der Waals surface area contributed by atoms with Crippen LogP contribution in [0.2, 0.25) is 0 Å². The van der Waals surface area contributed by atoms with E-state index in [2.05, 4.69) is 55.0 Å². The number of anilines is 1. The zero-order chi connectivity index (χ0) is 51.4. The number of aromatic nitrogens is 2. The Morgan fingerprint density at radius 1 is 1.03 bits per heavy atom. The molecule has 5 fully saturated rings. The summed E-state index contributed by atoms with van der Waals surface area (Å²) in [5.41, 5.74) is 1.95. The first kappa shape index (κ1) is 50.2. The lowest BCUT2D eigenvalue weighted by Crippen LogP contribution is -2.78. The summed E-state index contributed by atoms with van der Waals surface area (Å²) < 4.78 is 42.9. The molecule has 6 unspecified atom stereocenters. The Morgan fingerprint density at radius 2 is 1.78 bits per heavy atom. The van der Waals surface area contributed by atoms with Gasteiger partial charge in [0.25, 0.3) is 0 Å². The summed E-state index contributed by atoms with van der Waals surface area (Å²) in [6, 6.07) is 7.05. The van der Waals surface area contributed by atoms with Crippen molar-refractivity contribution in [1.29, 1.82) is 0 Å². The van der Waals surface area contributed by atoms with Crippen LogP contribution in [0.25, 0.3) is 22.8 Å². The van der Waals surface area contributed by atoms with Crippen molar-refractivity contribution in [3.8, 4) is 17.2 Å². The van der Waals surface area contributed by atoms with Crippen molar-refractivity contribution >= 4 is 40.4 Å². The Balaban J connectivity index is 1.26. The van der Waals surface area contributed by atoms with Crippen LogP contribution in [0.15, 0.2) is 70.9 Å². The monoisotopic (exact) mass is 990 g/mol. The second kappa shape index (κ2) is 18.3. The topological polar surface area (TPSA) is 212 Å². The van der Waals surface area contributed by atoms with E-state index in [0.29, 0.717) is 70.2 Å². The Morgan fingerprint density at radius 3 is 2.50 bits per heavy atom. The molecule has 11 rings (SSSR count). The molecule has 2 saturated heterocycles. The molecule has 1 amide bonds. The zero-order valence-corrected chi connectivity index (χ0v) is 43.0. The standard InChI is InChI=1S/C56H70N4O12/c1-28(2)14-13-21-54(10)22-20-33-45(71-54)32(18-17-29(3)4)47-39(46(33)69-51-44(63)43(62)48-38(68-51)27-67-53(8,9)70-48)41-40-42(60-37-16-12-11-15-36(37)58-52(60)59-41)34-26-35(30(5)6)56(40,72-47)55(66,49(34)64)23-19-31(7)50(65)57-24-25-61/h11-12,14-17,19-20,22,30,34-35,38,42-44,48,51,61-63,66H,13,18,21,23-27H2,1-10H3,(H,57,65)(H,58,59)/b31-19-/t34?,35?,38-,42?,43-,44-,48-,51+,54?,55?,56?/m0/s1. The number of aliphatic hydroxyl groups excluding tert-OH is 3. The predicted molar refractivity (Wildman–Crippen MR) is 270 cm³/mol. The number of ketones is 1. The number of fused-ring (bicyclic) bond motifs is 9. The number of benzene rings is 2. The van der Waals surface area contributed by atoms with Crippen molar-refractivity contribution in [2.75, 3.05) is 25.1 Å². The van der Waals surface area contributed by atoms with Crippen LogP contribution >= 0.6 is 0 Å². The number of allylic oxidation sites excluding steroid dienone is 4. The van der Waals surface area contributed by atoms with Crippen molar-refractivity contribution in [2.24, 2.45) is 17.8 Å². The fourth-order valence-corrected chi connectivity index (χ4v) is 12.3. The Hall–Kier alpha value is -5.33. The smallest absolute Gasteiger partial charge is 0.246 e. The highest BCUT2D eigenvalue weighted by Gasteiger charge is 2.77. The normalized spacial score (nSPS) is 32.6.